The molecule has 24 heavy (non-hydrogen) atoms. The van der Waals surface area contributed by atoms with Crippen LogP contribution < -0.4 is 10.1 Å². The summed E-state index contributed by atoms with van der Waals surface area (Å²) in [6, 6.07) is 9.25. The van der Waals surface area contributed by atoms with E-state index in [1.807, 2.05) is 13.0 Å². The summed E-state index contributed by atoms with van der Waals surface area (Å²) < 4.78 is 41.8. The zero-order valence-corrected chi connectivity index (χ0v) is 13.8. The second-order valence-corrected chi connectivity index (χ2v) is 5.68. The number of benzene rings is 2. The van der Waals surface area contributed by atoms with Crippen LogP contribution in [0.25, 0.3) is 0 Å². The second-order valence-electron chi connectivity index (χ2n) is 5.25. The van der Waals surface area contributed by atoms with Gasteiger partial charge in [-0.1, -0.05) is 23.7 Å². The normalized spacial score (nSPS) is 11.2. The molecule has 0 bridgehead atoms. The topological polar surface area (TPSA) is 38.3 Å². The van der Waals surface area contributed by atoms with Crippen molar-refractivity contribution in [3.8, 4) is 5.75 Å². The van der Waals surface area contributed by atoms with Gasteiger partial charge in [0.05, 0.1) is 5.69 Å². The molecule has 2 aromatic rings. The Morgan fingerprint density at radius 1 is 1.21 bits per heavy atom. The van der Waals surface area contributed by atoms with Crippen LogP contribution in [0.3, 0.4) is 0 Å². The maximum atomic E-state index is 12.4. The van der Waals surface area contributed by atoms with Crippen molar-refractivity contribution in [1.82, 2.24) is 0 Å². The van der Waals surface area contributed by atoms with Gasteiger partial charge in [0.15, 0.2) is 6.61 Å². The van der Waals surface area contributed by atoms with Crippen LogP contribution in [-0.2, 0) is 0 Å². The van der Waals surface area contributed by atoms with Crippen LogP contribution in [0.2, 0.25) is 5.02 Å². The molecule has 128 valence electrons. The third-order valence-electron chi connectivity index (χ3n) is 3.43. The third-order valence-corrected chi connectivity index (χ3v) is 3.67. The number of rotatable bonds is 4. The van der Waals surface area contributed by atoms with Crippen molar-refractivity contribution in [1.29, 1.82) is 0 Å². The molecule has 0 aliphatic rings. The van der Waals surface area contributed by atoms with Gasteiger partial charge in [-0.3, -0.25) is 4.79 Å². The van der Waals surface area contributed by atoms with Crippen LogP contribution in [0.1, 0.15) is 21.5 Å². The SMILES string of the molecule is Cc1cccc(C(=O)Nc2cc(Cl)ccc2OCC(F)(F)F)c1C. The van der Waals surface area contributed by atoms with E-state index in [9.17, 15) is 18.0 Å². The molecule has 0 aromatic heterocycles. The first-order valence-corrected chi connectivity index (χ1v) is 7.42. The number of hydrogen-bond acceptors (Lipinski definition) is 2. The van der Waals surface area contributed by atoms with Gasteiger partial charge in [0, 0.05) is 10.6 Å². The van der Waals surface area contributed by atoms with Crippen molar-refractivity contribution in [2.75, 3.05) is 11.9 Å². The molecule has 0 fully saturated rings. The Balaban J connectivity index is 2.26. The summed E-state index contributed by atoms with van der Waals surface area (Å²) in [5.41, 5.74) is 2.23. The van der Waals surface area contributed by atoms with Crippen LogP contribution in [0.5, 0.6) is 5.75 Å². The van der Waals surface area contributed by atoms with Gasteiger partial charge in [-0.25, -0.2) is 0 Å². The molecule has 0 aliphatic heterocycles. The fourth-order valence-corrected chi connectivity index (χ4v) is 2.24. The molecular formula is C17H15ClF3NO2. The van der Waals surface area contributed by atoms with Gasteiger partial charge in [0.25, 0.3) is 5.91 Å². The molecule has 0 spiro atoms. The van der Waals surface area contributed by atoms with Crippen LogP contribution in [0, 0.1) is 13.8 Å². The lowest BCUT2D eigenvalue weighted by atomic mass is 10.0. The van der Waals surface area contributed by atoms with Crippen molar-refractivity contribution >= 4 is 23.2 Å². The number of carbonyl (C=O) groups excluding carboxylic acids is 1. The average molecular weight is 358 g/mol. The average Bonchev–Trinajstić information content (AvgIpc) is 2.48. The molecule has 0 aliphatic carbocycles. The molecule has 1 N–H and O–H groups in total. The number of alkyl halides is 3. The quantitative estimate of drug-likeness (QED) is 0.821. The summed E-state index contributed by atoms with van der Waals surface area (Å²) in [5.74, 6) is -0.550. The minimum Gasteiger partial charge on any atom is -0.482 e. The molecule has 7 heteroatoms. The minimum absolute atomic E-state index is 0.0812. The van der Waals surface area contributed by atoms with Gasteiger partial charge in [-0.15, -0.1) is 0 Å². The molecule has 3 nitrogen and oxygen atoms in total. The first kappa shape index (κ1) is 18.1. The Morgan fingerprint density at radius 3 is 2.58 bits per heavy atom. The van der Waals surface area contributed by atoms with Crippen molar-refractivity contribution < 1.29 is 22.7 Å². The molecule has 0 saturated carbocycles. The summed E-state index contributed by atoms with van der Waals surface area (Å²) in [5, 5.41) is 2.83. The van der Waals surface area contributed by atoms with E-state index < -0.39 is 18.7 Å². The van der Waals surface area contributed by atoms with Gasteiger partial charge in [-0.05, 0) is 49.2 Å². The molecule has 2 aromatic carbocycles. The van der Waals surface area contributed by atoms with E-state index in [1.54, 1.807) is 19.1 Å². The number of aryl methyl sites for hydroxylation is 1. The summed E-state index contributed by atoms with van der Waals surface area (Å²) in [4.78, 5) is 12.4. The lowest BCUT2D eigenvalue weighted by molar-refractivity contribution is -0.153. The molecule has 1 amide bonds. The van der Waals surface area contributed by atoms with Crippen LogP contribution in [0.4, 0.5) is 18.9 Å². The molecule has 2 rings (SSSR count). The number of carbonyl (C=O) groups is 1. The zero-order chi connectivity index (χ0) is 17.9. The Hall–Kier alpha value is -2.21. The predicted molar refractivity (Wildman–Crippen MR) is 86.9 cm³/mol. The second kappa shape index (κ2) is 7.13. The fourth-order valence-electron chi connectivity index (χ4n) is 2.07. The largest absolute Gasteiger partial charge is 0.482 e. The van der Waals surface area contributed by atoms with Gasteiger partial charge in [0.1, 0.15) is 5.75 Å². The van der Waals surface area contributed by atoms with Crippen molar-refractivity contribution in [2.24, 2.45) is 0 Å². The molecule has 0 saturated heterocycles. The van der Waals surface area contributed by atoms with Gasteiger partial charge in [0.2, 0.25) is 0 Å². The maximum absolute atomic E-state index is 12.4. The zero-order valence-electron chi connectivity index (χ0n) is 13.0. The van der Waals surface area contributed by atoms with E-state index in [-0.39, 0.29) is 16.5 Å². The Labute approximate surface area is 142 Å². The van der Waals surface area contributed by atoms with E-state index in [2.05, 4.69) is 5.32 Å². The highest BCUT2D eigenvalue weighted by molar-refractivity contribution is 6.31. The Morgan fingerprint density at radius 2 is 1.92 bits per heavy atom. The smallest absolute Gasteiger partial charge is 0.422 e. The van der Waals surface area contributed by atoms with Gasteiger partial charge in [-0.2, -0.15) is 13.2 Å². The lowest BCUT2D eigenvalue weighted by Gasteiger charge is -2.15. The predicted octanol–water partition coefficient (Wildman–Crippen LogP) is 5.15. The van der Waals surface area contributed by atoms with Crippen molar-refractivity contribution in [3.05, 3.63) is 58.1 Å². The summed E-state index contributed by atoms with van der Waals surface area (Å²) in [6.07, 6.45) is -4.48. The monoisotopic (exact) mass is 357 g/mol. The number of nitrogens with one attached hydrogen (secondary N) is 1. The summed E-state index contributed by atoms with van der Waals surface area (Å²) in [6.45, 7) is 2.20. The van der Waals surface area contributed by atoms with Crippen LogP contribution >= 0.6 is 11.6 Å². The standard InChI is InChI=1S/C17H15ClF3NO2/c1-10-4-3-5-13(11(10)2)16(23)22-14-8-12(18)6-7-15(14)24-9-17(19,20)21/h3-8H,9H2,1-2H3,(H,22,23). The number of amides is 1. The van der Waals surface area contributed by atoms with E-state index in [4.69, 9.17) is 16.3 Å². The van der Waals surface area contributed by atoms with E-state index >= 15 is 0 Å². The first-order chi connectivity index (χ1) is 11.2. The molecule has 0 radical (unpaired) electrons. The summed E-state index contributed by atoms with van der Waals surface area (Å²) >= 11 is 5.86. The van der Waals surface area contributed by atoms with Crippen molar-refractivity contribution in [2.45, 2.75) is 20.0 Å². The van der Waals surface area contributed by atoms with Gasteiger partial charge >= 0.3 is 6.18 Å². The highest BCUT2D eigenvalue weighted by Gasteiger charge is 2.29. The van der Waals surface area contributed by atoms with E-state index in [0.717, 1.165) is 11.1 Å². The third kappa shape index (κ3) is 4.64. The first-order valence-electron chi connectivity index (χ1n) is 7.04. The minimum atomic E-state index is -4.48. The lowest BCUT2D eigenvalue weighted by Crippen LogP contribution is -2.20. The Kier molecular flexibility index (Phi) is 5.39. The van der Waals surface area contributed by atoms with Crippen LogP contribution in [-0.4, -0.2) is 18.7 Å². The molecule has 0 unspecified atom stereocenters. The van der Waals surface area contributed by atoms with Crippen molar-refractivity contribution in [3.63, 3.8) is 0 Å². The maximum Gasteiger partial charge on any atom is 0.422 e. The number of ether oxygens (including phenoxy) is 1. The molecule has 0 heterocycles. The summed E-state index contributed by atoms with van der Waals surface area (Å²) in [7, 11) is 0. The number of halogens is 4. The van der Waals surface area contributed by atoms with Crippen LogP contribution in [0.15, 0.2) is 36.4 Å². The molecular weight excluding hydrogens is 343 g/mol. The fraction of sp³-hybridized carbons (Fsp3) is 0.235. The highest BCUT2D eigenvalue weighted by atomic mass is 35.5. The Bertz CT molecular complexity index is 760. The van der Waals surface area contributed by atoms with Gasteiger partial charge < -0.3 is 10.1 Å². The highest BCUT2D eigenvalue weighted by Crippen LogP contribution is 2.30. The van der Waals surface area contributed by atoms with E-state index in [1.165, 1.54) is 18.2 Å². The number of hydrogen-bond donors (Lipinski definition) is 1. The van der Waals surface area contributed by atoms with E-state index in [0.29, 0.717) is 5.56 Å². The number of anilines is 1. The molecule has 0 atom stereocenters.